The topological polar surface area (TPSA) is 61.4 Å². The number of aromatic nitrogens is 6. The first kappa shape index (κ1) is 53.8. The van der Waals surface area contributed by atoms with Crippen LogP contribution in [0.5, 0.6) is 0 Å². The third-order valence-electron chi connectivity index (χ3n) is 17.9. The molecular weight excluding hydrogens is 1120 g/mol. The molecule has 0 amide bonds. The molecule has 92 heavy (non-hydrogen) atoms. The van der Waals surface area contributed by atoms with Gasteiger partial charge in [0.2, 0.25) is 0 Å². The SMILES string of the molecule is c1ccc(-c2ccc3c(c2)c2cc(-c4ccccc4)ccc2n3-c2ccc(-c3cncc(-c4ccc(-n5c6ccc(-c7ccccc7)cc6c6cc(-c7ccccc7)ccc65)cc4)c3-c3ccc(-c4nc(-c5ccccc5)nc(-c5ccccc5)n4)cc3)cc2)cc1. The number of hydrogen-bond acceptors (Lipinski definition) is 4. The van der Waals surface area contributed by atoms with Crippen LogP contribution < -0.4 is 0 Å². The molecule has 6 nitrogen and oxygen atoms in total. The summed E-state index contributed by atoms with van der Waals surface area (Å²) in [7, 11) is 0. The van der Waals surface area contributed by atoms with Gasteiger partial charge in [-0.1, -0.05) is 255 Å². The predicted molar refractivity (Wildman–Crippen MR) is 381 cm³/mol. The Morgan fingerprint density at radius 1 is 0.196 bits per heavy atom. The number of pyridine rings is 1. The van der Waals surface area contributed by atoms with Gasteiger partial charge in [-0.25, -0.2) is 15.0 Å². The quantitative estimate of drug-likeness (QED) is 0.122. The molecule has 0 unspecified atom stereocenters. The molecular formula is C86H56N6. The lowest BCUT2D eigenvalue weighted by Crippen LogP contribution is -2.00. The number of fused-ring (bicyclic) bond motifs is 6. The third kappa shape index (κ3) is 9.80. The van der Waals surface area contributed by atoms with Crippen molar-refractivity contribution in [2.45, 2.75) is 0 Å². The number of rotatable bonds is 12. The zero-order valence-electron chi connectivity index (χ0n) is 50.0. The van der Waals surface area contributed by atoms with Gasteiger partial charge in [0.25, 0.3) is 0 Å². The van der Waals surface area contributed by atoms with Crippen LogP contribution in [0.4, 0.5) is 0 Å². The largest absolute Gasteiger partial charge is 0.309 e. The summed E-state index contributed by atoms with van der Waals surface area (Å²) < 4.78 is 4.81. The molecule has 13 aromatic carbocycles. The summed E-state index contributed by atoms with van der Waals surface area (Å²) in [5.41, 5.74) is 25.2. The van der Waals surface area contributed by atoms with Crippen LogP contribution in [0.3, 0.4) is 0 Å². The van der Waals surface area contributed by atoms with Gasteiger partial charge in [-0.3, -0.25) is 4.98 Å². The van der Waals surface area contributed by atoms with Gasteiger partial charge in [0, 0.05) is 78.7 Å². The second-order valence-electron chi connectivity index (χ2n) is 23.4. The molecule has 17 aromatic rings. The minimum absolute atomic E-state index is 0.598. The van der Waals surface area contributed by atoms with Gasteiger partial charge in [-0.15, -0.1) is 0 Å². The highest BCUT2D eigenvalue weighted by molar-refractivity contribution is 6.13. The summed E-state index contributed by atoms with van der Waals surface area (Å²) in [6, 6.07) is 117. The van der Waals surface area contributed by atoms with E-state index in [1.807, 2.05) is 73.1 Å². The Kier molecular flexibility index (Phi) is 13.4. The zero-order valence-corrected chi connectivity index (χ0v) is 50.0. The van der Waals surface area contributed by atoms with E-state index in [1.165, 1.54) is 66.1 Å². The monoisotopic (exact) mass is 1170 g/mol. The highest BCUT2D eigenvalue weighted by Gasteiger charge is 2.21. The fourth-order valence-electron chi connectivity index (χ4n) is 13.4. The van der Waals surface area contributed by atoms with E-state index in [-0.39, 0.29) is 0 Å². The lowest BCUT2D eigenvalue weighted by molar-refractivity contribution is 1.07. The first-order valence-electron chi connectivity index (χ1n) is 31.2. The molecule has 0 aliphatic carbocycles. The highest BCUT2D eigenvalue weighted by atomic mass is 15.0. The Hall–Kier alpha value is -12.4. The van der Waals surface area contributed by atoms with Crippen molar-refractivity contribution in [3.63, 3.8) is 0 Å². The zero-order chi connectivity index (χ0) is 60.9. The Bertz CT molecular complexity index is 5040. The molecule has 4 heterocycles. The molecule has 0 aliphatic heterocycles. The van der Waals surface area contributed by atoms with E-state index in [9.17, 15) is 0 Å². The minimum Gasteiger partial charge on any atom is -0.309 e. The third-order valence-corrected chi connectivity index (χ3v) is 17.9. The molecule has 6 heteroatoms. The van der Waals surface area contributed by atoms with Crippen molar-refractivity contribution in [3.8, 4) is 123 Å². The maximum absolute atomic E-state index is 5.10. The van der Waals surface area contributed by atoms with E-state index in [0.29, 0.717) is 17.5 Å². The molecule has 430 valence electrons. The lowest BCUT2D eigenvalue weighted by atomic mass is 9.89. The lowest BCUT2D eigenvalue weighted by Gasteiger charge is -2.17. The number of benzene rings is 13. The van der Waals surface area contributed by atoms with Crippen LogP contribution in [-0.2, 0) is 0 Å². The Morgan fingerprint density at radius 3 is 0.728 bits per heavy atom. The Morgan fingerprint density at radius 2 is 0.435 bits per heavy atom. The van der Waals surface area contributed by atoms with Crippen LogP contribution >= 0.6 is 0 Å². The van der Waals surface area contributed by atoms with Gasteiger partial charge in [0.15, 0.2) is 17.5 Å². The van der Waals surface area contributed by atoms with Crippen molar-refractivity contribution in [1.29, 1.82) is 0 Å². The second-order valence-corrected chi connectivity index (χ2v) is 23.4. The van der Waals surface area contributed by atoms with Crippen molar-refractivity contribution in [2.75, 3.05) is 0 Å². The molecule has 0 fully saturated rings. The molecule has 0 radical (unpaired) electrons. The molecule has 0 aliphatic rings. The standard InChI is InChI=1S/C86H56N6/c1-7-19-57(20-8-1)67-39-47-79-73(51-67)74-52-68(58-21-9-2-10-22-58)40-48-80(74)91(79)71-43-35-61(36-44-71)77-55-87-56-78(83(77)63-31-33-66(34-32-63)86-89-84(64-27-15-5-16-28-64)88-85(90-86)65-29-17-6-18-30-65)62-37-45-72(46-38-62)92-81-49-41-69(59-23-11-3-12-24-59)53-75(81)76-54-70(42-50-82(76)92)60-25-13-4-14-26-60/h1-56H. The van der Waals surface area contributed by atoms with E-state index >= 15 is 0 Å². The van der Waals surface area contributed by atoms with Crippen molar-refractivity contribution >= 4 is 43.6 Å². The Labute approximate surface area is 533 Å². The summed E-state index contributed by atoms with van der Waals surface area (Å²) in [6.07, 6.45) is 4.03. The maximum Gasteiger partial charge on any atom is 0.164 e. The van der Waals surface area contributed by atoms with Crippen LogP contribution in [-0.4, -0.2) is 29.1 Å². The van der Waals surface area contributed by atoms with Gasteiger partial charge in [-0.05, 0) is 134 Å². The molecule has 0 N–H and O–H groups in total. The van der Waals surface area contributed by atoms with Gasteiger partial charge in [0.1, 0.15) is 0 Å². The number of nitrogens with zero attached hydrogens (tertiary/aromatic N) is 6. The summed E-state index contributed by atoms with van der Waals surface area (Å²) in [5.74, 6) is 1.84. The van der Waals surface area contributed by atoms with Gasteiger partial charge in [-0.2, -0.15) is 0 Å². The van der Waals surface area contributed by atoms with Gasteiger partial charge < -0.3 is 9.13 Å². The first-order chi connectivity index (χ1) is 45.6. The van der Waals surface area contributed by atoms with Gasteiger partial charge in [0.05, 0.1) is 22.1 Å². The second kappa shape index (κ2) is 23.0. The molecule has 17 rings (SSSR count). The van der Waals surface area contributed by atoms with Crippen LogP contribution in [0.2, 0.25) is 0 Å². The molecule has 4 aromatic heterocycles. The predicted octanol–water partition coefficient (Wildman–Crippen LogP) is 22.1. The normalized spacial score (nSPS) is 11.5. The van der Waals surface area contributed by atoms with Crippen molar-refractivity contribution < 1.29 is 0 Å². The fourth-order valence-corrected chi connectivity index (χ4v) is 13.4. The van der Waals surface area contributed by atoms with E-state index in [2.05, 4.69) is 276 Å². The fraction of sp³-hybridized carbons (Fsp3) is 0. The van der Waals surface area contributed by atoms with Crippen molar-refractivity contribution in [2.24, 2.45) is 0 Å². The summed E-state index contributed by atoms with van der Waals surface area (Å²) >= 11 is 0. The Balaban J connectivity index is 0.802. The van der Waals surface area contributed by atoms with E-state index in [1.54, 1.807) is 0 Å². The molecule has 0 saturated carbocycles. The maximum atomic E-state index is 5.10. The smallest absolute Gasteiger partial charge is 0.164 e. The summed E-state index contributed by atoms with van der Waals surface area (Å²) in [5, 5.41) is 4.81. The average Bonchev–Trinajstić information content (AvgIpc) is 1.58. The van der Waals surface area contributed by atoms with E-state index in [4.69, 9.17) is 19.9 Å². The van der Waals surface area contributed by atoms with E-state index < -0.39 is 0 Å². The van der Waals surface area contributed by atoms with Crippen molar-refractivity contribution in [3.05, 3.63) is 340 Å². The summed E-state index contributed by atoms with van der Waals surface area (Å²) in [4.78, 5) is 20.3. The first-order valence-corrected chi connectivity index (χ1v) is 31.2. The van der Waals surface area contributed by atoms with Crippen LogP contribution in [0, 0.1) is 0 Å². The van der Waals surface area contributed by atoms with E-state index in [0.717, 1.165) is 83.5 Å². The molecule has 0 spiro atoms. The highest BCUT2D eigenvalue weighted by Crippen LogP contribution is 2.44. The molecule has 0 atom stereocenters. The summed E-state index contributed by atoms with van der Waals surface area (Å²) in [6.45, 7) is 0. The minimum atomic E-state index is 0.598. The molecule has 0 saturated heterocycles. The van der Waals surface area contributed by atoms with Crippen LogP contribution in [0.15, 0.2) is 340 Å². The van der Waals surface area contributed by atoms with Crippen molar-refractivity contribution in [1.82, 2.24) is 29.1 Å². The van der Waals surface area contributed by atoms with Crippen LogP contribution in [0.25, 0.3) is 167 Å². The average molecular weight is 1170 g/mol. The molecule has 0 bridgehead atoms. The number of hydrogen-bond donors (Lipinski definition) is 0. The van der Waals surface area contributed by atoms with Gasteiger partial charge >= 0.3 is 0 Å². The van der Waals surface area contributed by atoms with Crippen LogP contribution in [0.1, 0.15) is 0 Å².